The molecule has 1 aromatic carbocycles. The number of hydrogen-bond acceptors (Lipinski definition) is 4. The summed E-state index contributed by atoms with van der Waals surface area (Å²) in [6, 6.07) is 5.52. The van der Waals surface area contributed by atoms with Crippen LogP contribution < -0.4 is 14.8 Å². The maximum atomic E-state index is 12.1. The van der Waals surface area contributed by atoms with Gasteiger partial charge >= 0.3 is 5.97 Å². The zero-order valence-corrected chi connectivity index (χ0v) is 11.9. The number of carbonyl (C=O) groups is 2. The molecular weight excluding hydrogens is 274 g/mol. The molecule has 1 saturated carbocycles. The molecule has 1 heterocycles. The average Bonchev–Trinajstić information content (AvgIpc) is 3.09. The fraction of sp³-hybridized carbons (Fsp3) is 0.467. The lowest BCUT2D eigenvalue weighted by Gasteiger charge is -2.27. The van der Waals surface area contributed by atoms with Crippen LogP contribution in [0.4, 0.5) is 0 Å². The second kappa shape index (κ2) is 4.65. The molecule has 2 aliphatic rings. The third kappa shape index (κ3) is 2.53. The van der Waals surface area contributed by atoms with Crippen LogP contribution in [0.1, 0.15) is 25.8 Å². The van der Waals surface area contributed by atoms with Crippen LogP contribution >= 0.6 is 0 Å². The van der Waals surface area contributed by atoms with Gasteiger partial charge in [-0.1, -0.05) is 6.07 Å². The lowest BCUT2D eigenvalue weighted by Crippen LogP contribution is -2.42. The van der Waals surface area contributed by atoms with Crippen molar-refractivity contribution < 1.29 is 24.2 Å². The number of fused-ring (bicyclic) bond motifs is 1. The number of benzene rings is 1. The SMILES string of the molecule is CC(C)(NC(=O)C1CC1C(=O)O)c1ccc2c(c1)OCO2. The molecule has 0 aromatic heterocycles. The van der Waals surface area contributed by atoms with Crippen molar-refractivity contribution in [3.8, 4) is 11.5 Å². The molecule has 0 radical (unpaired) electrons. The first-order chi connectivity index (χ1) is 9.88. The van der Waals surface area contributed by atoms with E-state index in [1.54, 1.807) is 0 Å². The minimum atomic E-state index is -0.906. The Morgan fingerprint density at radius 3 is 2.62 bits per heavy atom. The highest BCUT2D eigenvalue weighted by molar-refractivity contribution is 5.89. The highest BCUT2D eigenvalue weighted by Gasteiger charge is 2.49. The first-order valence-corrected chi connectivity index (χ1v) is 6.83. The Morgan fingerprint density at radius 1 is 1.24 bits per heavy atom. The number of carboxylic acid groups (broad SMARTS) is 1. The van der Waals surface area contributed by atoms with Crippen LogP contribution in [0.5, 0.6) is 11.5 Å². The predicted molar refractivity (Wildman–Crippen MR) is 73.0 cm³/mol. The number of carboxylic acids is 1. The Hall–Kier alpha value is -2.24. The van der Waals surface area contributed by atoms with Gasteiger partial charge in [0.05, 0.1) is 17.4 Å². The van der Waals surface area contributed by atoms with Gasteiger partial charge in [0.1, 0.15) is 0 Å². The Balaban J connectivity index is 1.72. The number of amides is 1. The van der Waals surface area contributed by atoms with E-state index >= 15 is 0 Å². The van der Waals surface area contributed by atoms with Crippen molar-refractivity contribution >= 4 is 11.9 Å². The lowest BCUT2D eigenvalue weighted by atomic mass is 9.93. The average molecular weight is 291 g/mol. The Labute approximate surface area is 122 Å². The van der Waals surface area contributed by atoms with Gasteiger partial charge in [-0.15, -0.1) is 0 Å². The fourth-order valence-electron chi connectivity index (χ4n) is 2.52. The number of nitrogens with one attached hydrogen (secondary N) is 1. The molecule has 2 atom stereocenters. The van der Waals surface area contributed by atoms with Crippen LogP contribution in [0.25, 0.3) is 0 Å². The Bertz CT molecular complexity index is 610. The molecular formula is C15H17NO5. The third-order valence-corrected chi connectivity index (χ3v) is 3.97. The van der Waals surface area contributed by atoms with E-state index in [1.807, 2.05) is 32.0 Å². The minimum Gasteiger partial charge on any atom is -0.481 e. The molecule has 21 heavy (non-hydrogen) atoms. The van der Waals surface area contributed by atoms with Crippen molar-refractivity contribution in [2.75, 3.05) is 6.79 Å². The standard InChI is InChI=1S/C15H17NO5/c1-15(2,16-13(17)9-6-10(9)14(18)19)8-3-4-11-12(5-8)21-7-20-11/h3-5,9-10H,6-7H2,1-2H3,(H,16,17)(H,18,19). The van der Waals surface area contributed by atoms with E-state index in [9.17, 15) is 9.59 Å². The van der Waals surface area contributed by atoms with E-state index in [0.29, 0.717) is 17.9 Å². The predicted octanol–water partition coefficient (Wildman–Crippen LogP) is 1.49. The maximum absolute atomic E-state index is 12.1. The molecule has 3 rings (SSSR count). The van der Waals surface area contributed by atoms with E-state index < -0.39 is 23.3 Å². The van der Waals surface area contributed by atoms with E-state index in [2.05, 4.69) is 5.32 Å². The molecule has 2 unspecified atom stereocenters. The summed E-state index contributed by atoms with van der Waals surface area (Å²) in [6.45, 7) is 3.95. The van der Waals surface area contributed by atoms with Gasteiger partial charge < -0.3 is 19.9 Å². The van der Waals surface area contributed by atoms with Crippen LogP contribution in [0, 0.1) is 11.8 Å². The van der Waals surface area contributed by atoms with Crippen molar-refractivity contribution in [2.45, 2.75) is 25.8 Å². The molecule has 6 nitrogen and oxygen atoms in total. The van der Waals surface area contributed by atoms with Crippen molar-refractivity contribution in [3.05, 3.63) is 23.8 Å². The molecule has 6 heteroatoms. The molecule has 2 N–H and O–H groups in total. The Kier molecular flexibility index (Phi) is 3.04. The van der Waals surface area contributed by atoms with Crippen molar-refractivity contribution in [1.82, 2.24) is 5.32 Å². The monoisotopic (exact) mass is 291 g/mol. The topological polar surface area (TPSA) is 84.9 Å². The molecule has 1 fully saturated rings. The van der Waals surface area contributed by atoms with E-state index in [1.165, 1.54) is 0 Å². The minimum absolute atomic E-state index is 0.202. The van der Waals surface area contributed by atoms with Gasteiger partial charge in [0.2, 0.25) is 12.7 Å². The van der Waals surface area contributed by atoms with Crippen LogP contribution in [0.2, 0.25) is 0 Å². The summed E-state index contributed by atoms with van der Waals surface area (Å²) in [5.74, 6) is -0.742. The van der Waals surface area contributed by atoms with Crippen molar-refractivity contribution in [1.29, 1.82) is 0 Å². The van der Waals surface area contributed by atoms with Crippen molar-refractivity contribution in [2.24, 2.45) is 11.8 Å². The zero-order valence-electron chi connectivity index (χ0n) is 11.9. The van der Waals surface area contributed by atoms with Gasteiger partial charge in [0.25, 0.3) is 0 Å². The molecule has 1 aliphatic heterocycles. The zero-order chi connectivity index (χ0) is 15.2. The number of hydrogen-bond donors (Lipinski definition) is 2. The molecule has 0 bridgehead atoms. The van der Waals surface area contributed by atoms with Crippen LogP contribution in [-0.4, -0.2) is 23.8 Å². The summed E-state index contributed by atoms with van der Waals surface area (Å²) >= 11 is 0. The summed E-state index contributed by atoms with van der Waals surface area (Å²) in [5, 5.41) is 11.8. The normalized spacial score (nSPS) is 22.8. The molecule has 1 aromatic rings. The van der Waals surface area contributed by atoms with Gasteiger partial charge in [-0.2, -0.15) is 0 Å². The Morgan fingerprint density at radius 2 is 1.95 bits per heavy atom. The quantitative estimate of drug-likeness (QED) is 0.878. The highest BCUT2D eigenvalue weighted by Crippen LogP contribution is 2.40. The molecule has 112 valence electrons. The lowest BCUT2D eigenvalue weighted by molar-refractivity contribution is -0.140. The smallest absolute Gasteiger partial charge is 0.307 e. The second-order valence-electron chi connectivity index (χ2n) is 5.97. The second-order valence-corrected chi connectivity index (χ2v) is 5.97. The van der Waals surface area contributed by atoms with Gasteiger partial charge in [0.15, 0.2) is 11.5 Å². The van der Waals surface area contributed by atoms with Gasteiger partial charge in [-0.05, 0) is 38.0 Å². The molecule has 0 spiro atoms. The molecule has 0 saturated heterocycles. The van der Waals surface area contributed by atoms with Gasteiger partial charge in [0, 0.05) is 0 Å². The first kappa shape index (κ1) is 13.7. The number of aliphatic carboxylic acids is 1. The first-order valence-electron chi connectivity index (χ1n) is 6.83. The van der Waals surface area contributed by atoms with Crippen LogP contribution in [0.15, 0.2) is 18.2 Å². The van der Waals surface area contributed by atoms with Gasteiger partial charge in [-0.25, -0.2) is 0 Å². The summed E-state index contributed by atoms with van der Waals surface area (Å²) in [4.78, 5) is 22.9. The van der Waals surface area contributed by atoms with E-state index in [0.717, 1.165) is 5.56 Å². The number of carbonyl (C=O) groups excluding carboxylic acids is 1. The summed E-state index contributed by atoms with van der Waals surface area (Å²) in [7, 11) is 0. The summed E-state index contributed by atoms with van der Waals surface area (Å²) in [6.07, 6.45) is 0.415. The fourth-order valence-corrected chi connectivity index (χ4v) is 2.52. The van der Waals surface area contributed by atoms with Crippen LogP contribution in [-0.2, 0) is 15.1 Å². The van der Waals surface area contributed by atoms with Gasteiger partial charge in [-0.3, -0.25) is 9.59 Å². The molecule has 1 amide bonds. The van der Waals surface area contributed by atoms with Crippen molar-refractivity contribution in [3.63, 3.8) is 0 Å². The molecule has 1 aliphatic carbocycles. The summed E-state index contributed by atoms with van der Waals surface area (Å²) in [5.41, 5.74) is 0.275. The number of rotatable bonds is 4. The van der Waals surface area contributed by atoms with Crippen LogP contribution in [0.3, 0.4) is 0 Å². The van der Waals surface area contributed by atoms with E-state index in [-0.39, 0.29) is 12.7 Å². The van der Waals surface area contributed by atoms with E-state index in [4.69, 9.17) is 14.6 Å². The number of ether oxygens (including phenoxy) is 2. The summed E-state index contributed by atoms with van der Waals surface area (Å²) < 4.78 is 10.6. The third-order valence-electron chi connectivity index (χ3n) is 3.97. The maximum Gasteiger partial charge on any atom is 0.307 e. The largest absolute Gasteiger partial charge is 0.481 e. The highest BCUT2D eigenvalue weighted by atomic mass is 16.7.